The van der Waals surface area contributed by atoms with E-state index < -0.39 is 0 Å². The van der Waals surface area contributed by atoms with Crippen LogP contribution < -0.4 is 5.32 Å². The summed E-state index contributed by atoms with van der Waals surface area (Å²) in [4.78, 5) is 14.2. The van der Waals surface area contributed by atoms with Crippen molar-refractivity contribution in [1.29, 1.82) is 0 Å². The van der Waals surface area contributed by atoms with Crippen LogP contribution in [-0.4, -0.2) is 35.5 Å². The number of carbonyl (C=O) groups is 1. The molecule has 0 aromatic heterocycles. The number of carbonyl (C=O) groups excluding carboxylic acids is 1. The van der Waals surface area contributed by atoms with Crippen LogP contribution in [0.4, 0.5) is 0 Å². The maximum atomic E-state index is 12.1. The van der Waals surface area contributed by atoms with Crippen LogP contribution in [0, 0.1) is 0 Å². The third-order valence-electron chi connectivity index (χ3n) is 3.76. The van der Waals surface area contributed by atoms with E-state index in [-0.39, 0.29) is 5.91 Å². The molecule has 0 saturated carbocycles. The molecule has 16 heavy (non-hydrogen) atoms. The molecule has 0 bridgehead atoms. The molecule has 1 rings (SSSR count). The van der Waals surface area contributed by atoms with Crippen molar-refractivity contribution in [2.45, 2.75) is 71.5 Å². The van der Waals surface area contributed by atoms with Crippen LogP contribution in [0.15, 0.2) is 0 Å². The lowest BCUT2D eigenvalue weighted by molar-refractivity contribution is -0.133. The topological polar surface area (TPSA) is 32.3 Å². The SMILES string of the molecule is CCC(C)NCC(=O)N1C(C)CCC1CC. The van der Waals surface area contributed by atoms with Crippen molar-refractivity contribution in [2.24, 2.45) is 0 Å². The van der Waals surface area contributed by atoms with Gasteiger partial charge >= 0.3 is 0 Å². The number of likely N-dealkylation sites (tertiary alicyclic amines) is 1. The smallest absolute Gasteiger partial charge is 0.237 e. The monoisotopic (exact) mass is 226 g/mol. The van der Waals surface area contributed by atoms with Crippen molar-refractivity contribution >= 4 is 5.91 Å². The molecule has 1 fully saturated rings. The highest BCUT2D eigenvalue weighted by Gasteiger charge is 2.32. The number of nitrogens with zero attached hydrogens (tertiary/aromatic N) is 1. The Bertz CT molecular complexity index is 230. The average molecular weight is 226 g/mol. The van der Waals surface area contributed by atoms with Gasteiger partial charge in [0.15, 0.2) is 0 Å². The Morgan fingerprint density at radius 1 is 1.44 bits per heavy atom. The van der Waals surface area contributed by atoms with Crippen molar-refractivity contribution < 1.29 is 4.79 Å². The average Bonchev–Trinajstić information content (AvgIpc) is 2.66. The molecular weight excluding hydrogens is 200 g/mol. The molecule has 1 heterocycles. The molecule has 0 aromatic rings. The Morgan fingerprint density at radius 3 is 2.69 bits per heavy atom. The van der Waals surface area contributed by atoms with Gasteiger partial charge in [0, 0.05) is 18.1 Å². The minimum absolute atomic E-state index is 0.275. The van der Waals surface area contributed by atoms with E-state index in [1.807, 2.05) is 0 Å². The first-order valence-electron chi connectivity index (χ1n) is 6.64. The van der Waals surface area contributed by atoms with Crippen LogP contribution in [0.5, 0.6) is 0 Å². The molecule has 1 N–H and O–H groups in total. The van der Waals surface area contributed by atoms with E-state index in [0.29, 0.717) is 24.7 Å². The molecule has 3 nitrogen and oxygen atoms in total. The molecule has 0 spiro atoms. The van der Waals surface area contributed by atoms with Gasteiger partial charge in [0.25, 0.3) is 0 Å². The predicted molar refractivity (Wildman–Crippen MR) is 67.4 cm³/mol. The van der Waals surface area contributed by atoms with Gasteiger partial charge in [-0.3, -0.25) is 4.79 Å². The molecule has 94 valence electrons. The van der Waals surface area contributed by atoms with Crippen molar-refractivity contribution in [1.82, 2.24) is 10.2 Å². The molecule has 3 atom stereocenters. The number of rotatable bonds is 5. The minimum Gasteiger partial charge on any atom is -0.336 e. The number of hydrogen-bond acceptors (Lipinski definition) is 2. The summed E-state index contributed by atoms with van der Waals surface area (Å²) in [5.74, 6) is 0.275. The lowest BCUT2D eigenvalue weighted by atomic mass is 10.1. The second-order valence-corrected chi connectivity index (χ2v) is 4.98. The quantitative estimate of drug-likeness (QED) is 0.779. The Balaban J connectivity index is 2.45. The molecule has 1 saturated heterocycles. The molecular formula is C13H26N2O. The van der Waals surface area contributed by atoms with Crippen LogP contribution in [0.2, 0.25) is 0 Å². The summed E-state index contributed by atoms with van der Waals surface area (Å²) in [5.41, 5.74) is 0. The normalized spacial score (nSPS) is 27.1. The zero-order valence-corrected chi connectivity index (χ0v) is 11.1. The lowest BCUT2D eigenvalue weighted by Crippen LogP contribution is -2.45. The molecule has 3 heteroatoms. The Morgan fingerprint density at radius 2 is 2.12 bits per heavy atom. The van der Waals surface area contributed by atoms with Gasteiger partial charge in [-0.05, 0) is 39.5 Å². The zero-order valence-electron chi connectivity index (χ0n) is 11.1. The maximum absolute atomic E-state index is 12.1. The van der Waals surface area contributed by atoms with Gasteiger partial charge in [-0.15, -0.1) is 0 Å². The van der Waals surface area contributed by atoms with Gasteiger partial charge in [-0.2, -0.15) is 0 Å². The predicted octanol–water partition coefficient (Wildman–Crippen LogP) is 2.16. The third kappa shape index (κ3) is 3.21. The lowest BCUT2D eigenvalue weighted by Gasteiger charge is -2.28. The van der Waals surface area contributed by atoms with Gasteiger partial charge in [-0.1, -0.05) is 13.8 Å². The van der Waals surface area contributed by atoms with E-state index in [1.54, 1.807) is 0 Å². The molecule has 1 aliphatic rings. The number of hydrogen-bond donors (Lipinski definition) is 1. The largest absolute Gasteiger partial charge is 0.336 e. The first-order valence-corrected chi connectivity index (χ1v) is 6.64. The Hall–Kier alpha value is -0.570. The summed E-state index contributed by atoms with van der Waals surface area (Å²) in [6, 6.07) is 1.33. The van der Waals surface area contributed by atoms with Crippen molar-refractivity contribution in [3.8, 4) is 0 Å². The number of amides is 1. The first kappa shape index (κ1) is 13.5. The second-order valence-electron chi connectivity index (χ2n) is 4.98. The number of nitrogens with one attached hydrogen (secondary N) is 1. The van der Waals surface area contributed by atoms with Gasteiger partial charge in [0.1, 0.15) is 0 Å². The van der Waals surface area contributed by atoms with Crippen molar-refractivity contribution in [3.05, 3.63) is 0 Å². The summed E-state index contributed by atoms with van der Waals surface area (Å²) in [6.45, 7) is 9.09. The third-order valence-corrected chi connectivity index (χ3v) is 3.76. The summed E-state index contributed by atoms with van der Waals surface area (Å²) in [5, 5.41) is 3.28. The van der Waals surface area contributed by atoms with Gasteiger partial charge in [-0.25, -0.2) is 0 Å². The van der Waals surface area contributed by atoms with Gasteiger partial charge < -0.3 is 10.2 Å². The fourth-order valence-corrected chi connectivity index (χ4v) is 2.42. The molecule has 0 aromatic carbocycles. The Labute approximate surface area is 99.6 Å². The molecule has 0 radical (unpaired) electrons. The zero-order chi connectivity index (χ0) is 12.1. The van der Waals surface area contributed by atoms with E-state index in [9.17, 15) is 4.79 Å². The minimum atomic E-state index is 0.275. The fraction of sp³-hybridized carbons (Fsp3) is 0.923. The molecule has 3 unspecified atom stereocenters. The maximum Gasteiger partial charge on any atom is 0.237 e. The van der Waals surface area contributed by atoms with Crippen LogP contribution >= 0.6 is 0 Å². The summed E-state index contributed by atoms with van der Waals surface area (Å²) >= 11 is 0. The van der Waals surface area contributed by atoms with E-state index in [0.717, 1.165) is 19.3 Å². The molecule has 0 aliphatic carbocycles. The fourth-order valence-electron chi connectivity index (χ4n) is 2.42. The van der Waals surface area contributed by atoms with Crippen LogP contribution in [0.1, 0.15) is 53.4 Å². The summed E-state index contributed by atoms with van der Waals surface area (Å²) in [7, 11) is 0. The second kappa shape index (κ2) is 6.24. The van der Waals surface area contributed by atoms with Crippen LogP contribution in [0.3, 0.4) is 0 Å². The molecule has 1 aliphatic heterocycles. The highest BCUT2D eigenvalue weighted by molar-refractivity contribution is 5.79. The Kier molecular flexibility index (Phi) is 5.26. The highest BCUT2D eigenvalue weighted by Crippen LogP contribution is 2.25. The standard InChI is InChI=1S/C13H26N2O/c1-5-10(3)14-9-13(16)15-11(4)7-8-12(15)6-2/h10-12,14H,5-9H2,1-4H3. The van der Waals surface area contributed by atoms with Gasteiger partial charge in [0.2, 0.25) is 5.91 Å². The van der Waals surface area contributed by atoms with Gasteiger partial charge in [0.05, 0.1) is 6.54 Å². The van der Waals surface area contributed by atoms with Crippen molar-refractivity contribution in [3.63, 3.8) is 0 Å². The van der Waals surface area contributed by atoms with E-state index in [2.05, 4.69) is 37.9 Å². The highest BCUT2D eigenvalue weighted by atomic mass is 16.2. The van der Waals surface area contributed by atoms with Crippen LogP contribution in [-0.2, 0) is 4.79 Å². The first-order chi connectivity index (χ1) is 7.60. The van der Waals surface area contributed by atoms with Crippen molar-refractivity contribution in [2.75, 3.05) is 6.54 Å². The van der Waals surface area contributed by atoms with E-state index >= 15 is 0 Å². The van der Waals surface area contributed by atoms with E-state index in [4.69, 9.17) is 0 Å². The summed E-state index contributed by atoms with van der Waals surface area (Å²) in [6.07, 6.45) is 4.49. The van der Waals surface area contributed by atoms with E-state index in [1.165, 1.54) is 6.42 Å². The summed E-state index contributed by atoms with van der Waals surface area (Å²) < 4.78 is 0. The van der Waals surface area contributed by atoms with Crippen LogP contribution in [0.25, 0.3) is 0 Å². The molecule has 1 amide bonds.